The highest BCUT2D eigenvalue weighted by atomic mass is 19.4. The number of carbonyl (C=O) groups is 3. The van der Waals surface area contributed by atoms with Gasteiger partial charge in [0, 0.05) is 17.5 Å². The Morgan fingerprint density at radius 3 is 2.39 bits per heavy atom. The van der Waals surface area contributed by atoms with Crippen molar-refractivity contribution in [1.29, 1.82) is 0 Å². The Hall–Kier alpha value is -3.42. The van der Waals surface area contributed by atoms with Gasteiger partial charge in [-0.3, -0.25) is 19.3 Å². The Bertz CT molecular complexity index is 1440. The number of likely N-dealkylation sites (tertiary alicyclic amines) is 1. The van der Waals surface area contributed by atoms with E-state index in [-0.39, 0.29) is 12.0 Å². The van der Waals surface area contributed by atoms with Gasteiger partial charge in [-0.05, 0) is 81.3 Å². The summed E-state index contributed by atoms with van der Waals surface area (Å²) in [4.78, 5) is 41.2. The number of nitrogens with two attached hydrogens (primary N) is 1. The predicted molar refractivity (Wildman–Crippen MR) is 136 cm³/mol. The summed E-state index contributed by atoms with van der Waals surface area (Å²) in [5.41, 5.74) is -1.09. The molecule has 1 aromatic rings. The summed E-state index contributed by atoms with van der Waals surface area (Å²) in [6.45, 7) is 1.35. The summed E-state index contributed by atoms with van der Waals surface area (Å²) in [5, 5.41) is 48.2. The number of nitrogens with zero attached hydrogens (tertiary/aromatic N) is 1. The minimum absolute atomic E-state index is 0.169. The maximum atomic E-state index is 14.6. The van der Waals surface area contributed by atoms with E-state index in [0.717, 1.165) is 6.07 Å². The smallest absolute Gasteiger partial charge is 0.417 e. The van der Waals surface area contributed by atoms with Crippen molar-refractivity contribution in [2.45, 2.75) is 62.4 Å². The molecule has 0 saturated carbocycles. The number of phenolic OH excluding ortho intramolecular Hbond substituents is 1. The van der Waals surface area contributed by atoms with Crippen molar-refractivity contribution < 1.29 is 48.0 Å². The number of rotatable bonds is 3. The molecule has 6 rings (SSSR count). The number of ketones is 2. The second-order valence-corrected chi connectivity index (χ2v) is 11.6. The van der Waals surface area contributed by atoms with E-state index in [4.69, 9.17) is 5.73 Å². The third kappa shape index (κ3) is 3.85. The monoisotopic (exact) mass is 577 g/mol. The van der Waals surface area contributed by atoms with Crippen LogP contribution in [0.4, 0.5) is 13.2 Å². The zero-order valence-electron chi connectivity index (χ0n) is 21.9. The van der Waals surface area contributed by atoms with E-state index in [9.17, 15) is 48.0 Å². The second-order valence-electron chi connectivity index (χ2n) is 11.6. The van der Waals surface area contributed by atoms with Crippen LogP contribution in [0, 0.1) is 11.8 Å². The van der Waals surface area contributed by atoms with Gasteiger partial charge in [-0.2, -0.15) is 13.2 Å². The van der Waals surface area contributed by atoms with Gasteiger partial charge in [0.1, 0.15) is 22.8 Å². The SMILES string of the molecule is NC(=O)C1=C(O)[C@@H](N2CCCC2)[C@@H]2C[C@@H]3Cc4c(c(O)cc(C5CCCN5)c4C(F)(F)F)C(=O)C3=C(O)[C@]2(O)C1=O. The molecule has 2 fully saturated rings. The number of fused-ring (bicyclic) bond motifs is 3. The Kier molecular flexibility index (Phi) is 6.29. The van der Waals surface area contributed by atoms with E-state index in [1.807, 2.05) is 0 Å². The van der Waals surface area contributed by atoms with Gasteiger partial charge in [0.25, 0.3) is 5.91 Å². The lowest BCUT2D eigenvalue weighted by molar-refractivity contribution is -0.149. The molecule has 2 aliphatic heterocycles. The van der Waals surface area contributed by atoms with Gasteiger partial charge < -0.3 is 31.5 Å². The Morgan fingerprint density at radius 2 is 1.80 bits per heavy atom. The molecule has 10 nitrogen and oxygen atoms in total. The number of aromatic hydroxyl groups is 1. The molecular weight excluding hydrogens is 547 g/mol. The van der Waals surface area contributed by atoms with Crippen LogP contribution in [0.15, 0.2) is 28.7 Å². The van der Waals surface area contributed by atoms with Crippen molar-refractivity contribution in [1.82, 2.24) is 10.2 Å². The number of allylic oxidation sites excluding steroid dienone is 1. The first kappa shape index (κ1) is 27.7. The lowest BCUT2D eigenvalue weighted by Crippen LogP contribution is -2.64. The van der Waals surface area contributed by atoms with Crippen molar-refractivity contribution in [3.8, 4) is 5.75 Å². The average Bonchev–Trinajstić information content (AvgIpc) is 3.60. The van der Waals surface area contributed by atoms with Crippen LogP contribution in [0.1, 0.15) is 65.2 Å². The maximum Gasteiger partial charge on any atom is 0.417 e. The number of carbonyl (C=O) groups excluding carboxylic acids is 3. The maximum absolute atomic E-state index is 14.6. The van der Waals surface area contributed by atoms with Gasteiger partial charge >= 0.3 is 6.18 Å². The molecular formula is C28H30F3N3O7. The number of halogens is 3. The Balaban J connectivity index is 1.55. The summed E-state index contributed by atoms with van der Waals surface area (Å²) >= 11 is 0. The van der Waals surface area contributed by atoms with Crippen LogP contribution >= 0.6 is 0 Å². The second kappa shape index (κ2) is 9.30. The number of alkyl halides is 3. The highest BCUT2D eigenvalue weighted by Gasteiger charge is 2.64. The van der Waals surface area contributed by atoms with Crippen molar-refractivity contribution in [3.05, 3.63) is 51.0 Å². The number of primary amides is 1. The van der Waals surface area contributed by atoms with E-state index < -0.39 is 105 Å². The molecule has 7 N–H and O–H groups in total. The molecule has 1 unspecified atom stereocenters. The van der Waals surface area contributed by atoms with Gasteiger partial charge in [0.2, 0.25) is 5.78 Å². The molecule has 0 bridgehead atoms. The molecule has 41 heavy (non-hydrogen) atoms. The first-order valence-corrected chi connectivity index (χ1v) is 13.7. The summed E-state index contributed by atoms with van der Waals surface area (Å²) in [5.74, 6) is -8.67. The number of nitrogens with one attached hydrogen (secondary N) is 1. The topological polar surface area (TPSA) is 173 Å². The molecule has 0 radical (unpaired) electrons. The number of hydrogen-bond acceptors (Lipinski definition) is 9. The summed E-state index contributed by atoms with van der Waals surface area (Å²) < 4.78 is 43.8. The van der Waals surface area contributed by atoms with Gasteiger partial charge in [-0.25, -0.2) is 0 Å². The summed E-state index contributed by atoms with van der Waals surface area (Å²) in [7, 11) is 0. The fraction of sp³-hybridized carbons (Fsp3) is 0.536. The van der Waals surface area contributed by atoms with Gasteiger partial charge in [-0.15, -0.1) is 0 Å². The Labute approximate surface area is 232 Å². The lowest BCUT2D eigenvalue weighted by Gasteiger charge is -2.50. The molecule has 220 valence electrons. The van der Waals surface area contributed by atoms with Crippen molar-refractivity contribution >= 4 is 17.5 Å². The Morgan fingerprint density at radius 1 is 1.12 bits per heavy atom. The van der Waals surface area contributed by atoms with Crippen LogP contribution in [0.3, 0.4) is 0 Å². The predicted octanol–water partition coefficient (Wildman–Crippen LogP) is 2.10. The molecule has 0 aromatic heterocycles. The standard InChI is InChI=1S/C28H30F3N3O7/c29-28(30,31)20-12(15-4-3-5-33-15)10-16(35)18-13(20)8-11-9-14-21(34-6-1-2-7-34)23(37)19(26(32)40)25(39)27(14,41)24(38)17(11)22(18)36/h10-11,14-15,21,33,35,37-38,41H,1-9H2,(H2,32,40)/t11-,14-,15?,21-,27-/m0/s1. The highest BCUT2D eigenvalue weighted by molar-refractivity contribution is 6.24. The first-order valence-electron chi connectivity index (χ1n) is 13.7. The van der Waals surface area contributed by atoms with Gasteiger partial charge in [0.15, 0.2) is 11.4 Å². The normalized spacial score (nSPS) is 32.3. The number of Topliss-reactive ketones (excluding diaryl/α,β-unsaturated/α-hetero) is 2. The van der Waals surface area contributed by atoms with Crippen LogP contribution in [0.2, 0.25) is 0 Å². The van der Waals surface area contributed by atoms with Crippen molar-refractivity contribution in [2.75, 3.05) is 19.6 Å². The third-order valence-electron chi connectivity index (χ3n) is 9.45. The highest BCUT2D eigenvalue weighted by Crippen LogP contribution is 2.54. The first-order chi connectivity index (χ1) is 19.3. The molecule has 5 atom stereocenters. The average molecular weight is 578 g/mol. The molecule has 5 aliphatic rings. The molecule has 3 aliphatic carbocycles. The van der Waals surface area contributed by atoms with E-state index in [1.54, 1.807) is 4.90 Å². The minimum Gasteiger partial charge on any atom is -0.510 e. The molecule has 13 heteroatoms. The number of aliphatic hydroxyl groups excluding tert-OH is 2. The fourth-order valence-electron chi connectivity index (χ4n) is 7.76. The van der Waals surface area contributed by atoms with Crippen LogP contribution in [-0.4, -0.2) is 74.1 Å². The van der Waals surface area contributed by atoms with Crippen molar-refractivity contribution in [3.63, 3.8) is 0 Å². The van der Waals surface area contributed by atoms with Crippen LogP contribution in [0.25, 0.3) is 0 Å². The van der Waals surface area contributed by atoms with Gasteiger partial charge in [0.05, 0.1) is 17.2 Å². The van der Waals surface area contributed by atoms with E-state index in [1.165, 1.54) is 0 Å². The summed E-state index contributed by atoms with van der Waals surface area (Å²) in [6, 6.07) is -0.904. The molecule has 1 aromatic carbocycles. The largest absolute Gasteiger partial charge is 0.510 e. The molecule has 1 amide bonds. The zero-order chi connectivity index (χ0) is 29.6. The summed E-state index contributed by atoms with van der Waals surface area (Å²) in [6.07, 6.45) is -3.07. The number of aliphatic hydroxyl groups is 3. The van der Waals surface area contributed by atoms with Crippen LogP contribution < -0.4 is 11.1 Å². The van der Waals surface area contributed by atoms with E-state index in [2.05, 4.69) is 5.32 Å². The number of phenols is 1. The lowest BCUT2D eigenvalue weighted by atomic mass is 9.58. The minimum atomic E-state index is -4.87. The van der Waals surface area contributed by atoms with Gasteiger partial charge in [-0.1, -0.05) is 0 Å². The number of benzene rings is 1. The fourth-order valence-corrected chi connectivity index (χ4v) is 7.76. The van der Waals surface area contributed by atoms with Crippen LogP contribution in [-0.2, 0) is 22.2 Å². The number of amides is 1. The number of hydrogen-bond donors (Lipinski definition) is 6. The van der Waals surface area contributed by atoms with E-state index >= 15 is 0 Å². The quantitative estimate of drug-likeness (QED) is 0.294. The molecule has 0 spiro atoms. The zero-order valence-corrected chi connectivity index (χ0v) is 21.9. The molecule has 2 heterocycles. The third-order valence-corrected chi connectivity index (χ3v) is 9.45. The van der Waals surface area contributed by atoms with Crippen LogP contribution in [0.5, 0.6) is 5.75 Å². The van der Waals surface area contributed by atoms with Crippen molar-refractivity contribution in [2.24, 2.45) is 17.6 Å². The van der Waals surface area contributed by atoms with E-state index in [0.29, 0.717) is 45.3 Å². The molecule has 2 saturated heterocycles.